The van der Waals surface area contributed by atoms with Gasteiger partial charge in [0.25, 0.3) is 5.91 Å². The molecule has 1 aliphatic heterocycles. The minimum absolute atomic E-state index is 0.247. The lowest BCUT2D eigenvalue weighted by Crippen LogP contribution is -2.16. The average molecular weight is 382 g/mol. The van der Waals surface area contributed by atoms with E-state index in [-0.39, 0.29) is 5.91 Å². The van der Waals surface area contributed by atoms with Gasteiger partial charge in [-0.05, 0) is 42.5 Å². The Kier molecular flexibility index (Phi) is 4.80. The van der Waals surface area contributed by atoms with Crippen LogP contribution in [0.3, 0.4) is 0 Å². The third kappa shape index (κ3) is 4.12. The van der Waals surface area contributed by atoms with Crippen LogP contribution in [-0.2, 0) is 0 Å². The Balaban J connectivity index is 1.49. The number of nitrogens with zero attached hydrogens (tertiary/aromatic N) is 1. The summed E-state index contributed by atoms with van der Waals surface area (Å²) in [6.45, 7) is 1.02. The number of aromatic nitrogens is 1. The molecule has 27 heavy (non-hydrogen) atoms. The molecule has 0 saturated carbocycles. The van der Waals surface area contributed by atoms with Gasteiger partial charge in [0.2, 0.25) is 0 Å². The molecule has 0 radical (unpaired) electrons. The van der Waals surface area contributed by atoms with Crippen LogP contribution in [0.15, 0.2) is 60.8 Å². The highest BCUT2D eigenvalue weighted by Crippen LogP contribution is 2.32. The van der Waals surface area contributed by atoms with Gasteiger partial charge in [-0.25, -0.2) is 4.98 Å². The number of carbonyl (C=O) groups excluding carboxylic acids is 1. The summed E-state index contributed by atoms with van der Waals surface area (Å²) >= 11 is 5.99. The summed E-state index contributed by atoms with van der Waals surface area (Å²) in [6, 6.07) is 15.9. The van der Waals surface area contributed by atoms with Gasteiger partial charge in [-0.3, -0.25) is 4.79 Å². The normalized spacial score (nSPS) is 12.3. The van der Waals surface area contributed by atoms with Crippen molar-refractivity contribution in [3.05, 3.63) is 71.4 Å². The van der Waals surface area contributed by atoms with Crippen LogP contribution in [0.25, 0.3) is 0 Å². The van der Waals surface area contributed by atoms with E-state index in [2.05, 4.69) is 15.6 Å². The van der Waals surface area contributed by atoms with Crippen LogP contribution < -0.4 is 20.1 Å². The van der Waals surface area contributed by atoms with E-state index in [4.69, 9.17) is 21.1 Å². The second-order valence-electron chi connectivity index (χ2n) is 5.88. The highest BCUT2D eigenvalue weighted by molar-refractivity contribution is 6.30. The summed E-state index contributed by atoms with van der Waals surface area (Å²) in [7, 11) is 0. The molecule has 0 fully saturated rings. The van der Waals surface area contributed by atoms with E-state index in [9.17, 15) is 4.79 Å². The molecule has 1 aliphatic rings. The summed E-state index contributed by atoms with van der Waals surface area (Å²) in [5, 5.41) is 6.61. The molecular formula is C20H16ClN3O3. The Morgan fingerprint density at radius 2 is 1.81 bits per heavy atom. The minimum Gasteiger partial charge on any atom is -0.486 e. The van der Waals surface area contributed by atoms with E-state index in [0.29, 0.717) is 46.8 Å². The minimum atomic E-state index is -0.247. The molecule has 7 heteroatoms. The van der Waals surface area contributed by atoms with Crippen molar-refractivity contribution in [1.29, 1.82) is 0 Å². The number of halogens is 1. The number of rotatable bonds is 4. The van der Waals surface area contributed by atoms with Crippen LogP contribution in [0.5, 0.6) is 11.5 Å². The van der Waals surface area contributed by atoms with Gasteiger partial charge in [0.05, 0.1) is 0 Å². The van der Waals surface area contributed by atoms with Gasteiger partial charge in [0.15, 0.2) is 11.5 Å². The molecule has 0 atom stereocenters. The van der Waals surface area contributed by atoms with Gasteiger partial charge in [-0.2, -0.15) is 0 Å². The first-order valence-electron chi connectivity index (χ1n) is 8.37. The number of anilines is 3. The highest BCUT2D eigenvalue weighted by atomic mass is 35.5. The predicted octanol–water partition coefficient (Wildman–Crippen LogP) is 4.50. The van der Waals surface area contributed by atoms with E-state index in [1.54, 1.807) is 48.7 Å². The lowest BCUT2D eigenvalue weighted by molar-refractivity contribution is 0.102. The molecule has 4 rings (SSSR count). The Morgan fingerprint density at radius 3 is 2.67 bits per heavy atom. The summed E-state index contributed by atoms with van der Waals surface area (Å²) < 4.78 is 11.0. The van der Waals surface area contributed by atoms with E-state index < -0.39 is 0 Å². The molecule has 136 valence electrons. The Bertz CT molecular complexity index is 994. The van der Waals surface area contributed by atoms with Crippen LogP contribution in [0.4, 0.5) is 17.2 Å². The maximum atomic E-state index is 12.6. The van der Waals surface area contributed by atoms with Crippen molar-refractivity contribution in [3.63, 3.8) is 0 Å². The third-order valence-corrected chi connectivity index (χ3v) is 4.15. The number of pyridine rings is 1. The van der Waals surface area contributed by atoms with Crippen LogP contribution in [0.1, 0.15) is 10.4 Å². The smallest absolute Gasteiger partial charge is 0.255 e. The van der Waals surface area contributed by atoms with Gasteiger partial charge in [0.1, 0.15) is 19.0 Å². The van der Waals surface area contributed by atoms with Gasteiger partial charge < -0.3 is 20.1 Å². The zero-order valence-electron chi connectivity index (χ0n) is 14.2. The molecule has 1 aromatic heterocycles. The average Bonchev–Trinajstić information content (AvgIpc) is 2.68. The van der Waals surface area contributed by atoms with Gasteiger partial charge >= 0.3 is 0 Å². The van der Waals surface area contributed by atoms with Gasteiger partial charge in [-0.1, -0.05) is 17.7 Å². The lowest BCUT2D eigenvalue weighted by atomic mass is 10.2. The van der Waals surface area contributed by atoms with Crippen LogP contribution in [0, 0.1) is 0 Å². The molecular weight excluding hydrogens is 366 g/mol. The number of fused-ring (bicyclic) bond motifs is 1. The number of amides is 1. The SMILES string of the molecule is O=C(Nc1ccc2c(c1)OCCO2)c1ccnc(Nc2cccc(Cl)c2)c1. The number of nitrogens with one attached hydrogen (secondary N) is 2. The molecule has 3 aromatic rings. The molecule has 2 aromatic carbocycles. The van der Waals surface area contributed by atoms with E-state index in [1.165, 1.54) is 0 Å². The van der Waals surface area contributed by atoms with Crippen molar-refractivity contribution in [2.45, 2.75) is 0 Å². The number of carbonyl (C=O) groups is 1. The molecule has 2 N–H and O–H groups in total. The van der Waals surface area contributed by atoms with E-state index >= 15 is 0 Å². The molecule has 6 nitrogen and oxygen atoms in total. The third-order valence-electron chi connectivity index (χ3n) is 3.92. The standard InChI is InChI=1S/C20H16ClN3O3/c21-14-2-1-3-15(11-14)23-19-10-13(6-7-22-19)20(25)24-16-4-5-17-18(12-16)27-9-8-26-17/h1-7,10-12H,8-9H2,(H,22,23)(H,24,25). The van der Waals surface area contributed by atoms with Crippen molar-refractivity contribution in [2.75, 3.05) is 23.8 Å². The van der Waals surface area contributed by atoms with Crippen molar-refractivity contribution < 1.29 is 14.3 Å². The summed E-state index contributed by atoms with van der Waals surface area (Å²) in [6.07, 6.45) is 1.58. The fourth-order valence-electron chi connectivity index (χ4n) is 2.68. The first-order chi connectivity index (χ1) is 13.2. The van der Waals surface area contributed by atoms with Crippen molar-refractivity contribution in [3.8, 4) is 11.5 Å². The second kappa shape index (κ2) is 7.55. The number of ether oxygens (including phenoxy) is 2. The zero-order chi connectivity index (χ0) is 18.6. The molecule has 0 bridgehead atoms. The fourth-order valence-corrected chi connectivity index (χ4v) is 2.87. The summed E-state index contributed by atoms with van der Waals surface area (Å²) in [4.78, 5) is 16.8. The Hall–Kier alpha value is -3.25. The summed E-state index contributed by atoms with van der Waals surface area (Å²) in [5.74, 6) is 1.60. The largest absolute Gasteiger partial charge is 0.486 e. The lowest BCUT2D eigenvalue weighted by Gasteiger charge is -2.19. The van der Waals surface area contributed by atoms with E-state index in [0.717, 1.165) is 5.69 Å². The van der Waals surface area contributed by atoms with E-state index in [1.807, 2.05) is 12.1 Å². The molecule has 0 unspecified atom stereocenters. The Labute approximate surface area is 161 Å². The molecule has 0 aliphatic carbocycles. The quantitative estimate of drug-likeness (QED) is 0.696. The maximum Gasteiger partial charge on any atom is 0.255 e. The fraction of sp³-hybridized carbons (Fsp3) is 0.100. The molecule has 2 heterocycles. The highest BCUT2D eigenvalue weighted by Gasteiger charge is 2.14. The maximum absolute atomic E-state index is 12.6. The number of benzene rings is 2. The van der Waals surface area contributed by atoms with Crippen LogP contribution in [-0.4, -0.2) is 24.1 Å². The first kappa shape index (κ1) is 17.2. The number of hydrogen-bond donors (Lipinski definition) is 2. The van der Waals surface area contributed by atoms with Gasteiger partial charge in [0, 0.05) is 34.2 Å². The van der Waals surface area contributed by atoms with Crippen molar-refractivity contribution in [2.24, 2.45) is 0 Å². The molecule has 0 saturated heterocycles. The monoisotopic (exact) mass is 381 g/mol. The van der Waals surface area contributed by atoms with Crippen molar-refractivity contribution in [1.82, 2.24) is 4.98 Å². The molecule has 1 amide bonds. The second-order valence-corrected chi connectivity index (χ2v) is 6.31. The van der Waals surface area contributed by atoms with Crippen LogP contribution >= 0.6 is 11.6 Å². The first-order valence-corrected chi connectivity index (χ1v) is 8.75. The Morgan fingerprint density at radius 1 is 0.963 bits per heavy atom. The van der Waals surface area contributed by atoms with Crippen molar-refractivity contribution >= 4 is 34.7 Å². The van der Waals surface area contributed by atoms with Crippen LogP contribution in [0.2, 0.25) is 5.02 Å². The summed E-state index contributed by atoms with van der Waals surface area (Å²) in [5.41, 5.74) is 1.90. The molecule has 0 spiro atoms. The van der Waals surface area contributed by atoms with Gasteiger partial charge in [-0.15, -0.1) is 0 Å². The number of hydrogen-bond acceptors (Lipinski definition) is 5. The predicted molar refractivity (Wildman–Crippen MR) is 104 cm³/mol. The topological polar surface area (TPSA) is 72.5 Å². The zero-order valence-corrected chi connectivity index (χ0v) is 15.0.